The van der Waals surface area contributed by atoms with Gasteiger partial charge in [0.1, 0.15) is 7.85 Å². The molecule has 1 aromatic carbocycles. The third kappa shape index (κ3) is 2.87. The van der Waals surface area contributed by atoms with Crippen LogP contribution in [0.2, 0.25) is 0 Å². The van der Waals surface area contributed by atoms with E-state index in [2.05, 4.69) is 4.98 Å². The van der Waals surface area contributed by atoms with Gasteiger partial charge in [-0.3, -0.25) is 4.98 Å². The smallest absolute Gasteiger partial charge is 0.257 e. The fourth-order valence-electron chi connectivity index (χ4n) is 2.08. The largest absolute Gasteiger partial charge is 0.416 e. The highest BCUT2D eigenvalue weighted by molar-refractivity contribution is 6.33. The summed E-state index contributed by atoms with van der Waals surface area (Å²) >= 11 is 0. The molecule has 0 aliphatic rings. The van der Waals surface area contributed by atoms with Crippen molar-refractivity contribution in [3.63, 3.8) is 0 Å². The standard InChI is InChI=1S/C15H15BF3N/c1-3-10-7-11(15(17,18)19)4-5-12(10)14-6-9(2)13(16)8-20-14/h4-8H,3,16H2,1-2H3. The van der Waals surface area contributed by atoms with Crippen LogP contribution in [0.15, 0.2) is 30.5 Å². The Labute approximate surface area is 117 Å². The molecule has 0 spiro atoms. The van der Waals surface area contributed by atoms with Crippen LogP contribution in [-0.4, -0.2) is 12.8 Å². The van der Waals surface area contributed by atoms with E-state index in [1.807, 2.05) is 27.8 Å². The molecule has 0 saturated heterocycles. The number of hydrogen-bond donors (Lipinski definition) is 0. The van der Waals surface area contributed by atoms with Gasteiger partial charge in [0, 0.05) is 11.8 Å². The highest BCUT2D eigenvalue weighted by Gasteiger charge is 2.30. The molecule has 20 heavy (non-hydrogen) atoms. The lowest BCUT2D eigenvalue weighted by atomic mass is 9.91. The first-order valence-corrected chi connectivity index (χ1v) is 6.46. The van der Waals surface area contributed by atoms with Crippen molar-refractivity contribution < 1.29 is 13.2 Å². The van der Waals surface area contributed by atoms with Crippen LogP contribution in [-0.2, 0) is 12.6 Å². The third-order valence-corrected chi connectivity index (χ3v) is 3.46. The molecule has 1 heterocycles. The van der Waals surface area contributed by atoms with Gasteiger partial charge >= 0.3 is 6.18 Å². The quantitative estimate of drug-likeness (QED) is 0.769. The number of aromatic nitrogens is 1. The fourth-order valence-corrected chi connectivity index (χ4v) is 2.08. The van der Waals surface area contributed by atoms with Gasteiger partial charge < -0.3 is 0 Å². The molecule has 5 heteroatoms. The first-order valence-electron chi connectivity index (χ1n) is 6.46. The average Bonchev–Trinajstić information content (AvgIpc) is 2.40. The summed E-state index contributed by atoms with van der Waals surface area (Å²) in [7, 11) is 1.96. The van der Waals surface area contributed by atoms with Gasteiger partial charge in [0.25, 0.3) is 0 Å². The summed E-state index contributed by atoms with van der Waals surface area (Å²) in [5.74, 6) is 0. The molecule has 1 aromatic heterocycles. The van der Waals surface area contributed by atoms with Crippen LogP contribution >= 0.6 is 0 Å². The molecule has 2 rings (SSSR count). The first-order chi connectivity index (χ1) is 9.32. The van der Waals surface area contributed by atoms with Crippen LogP contribution in [0.4, 0.5) is 13.2 Å². The lowest BCUT2D eigenvalue weighted by molar-refractivity contribution is -0.137. The minimum absolute atomic E-state index is 0.536. The molecule has 0 unspecified atom stereocenters. The van der Waals surface area contributed by atoms with Crippen molar-refractivity contribution in [2.24, 2.45) is 0 Å². The first kappa shape index (κ1) is 14.6. The highest BCUT2D eigenvalue weighted by Crippen LogP contribution is 2.33. The van der Waals surface area contributed by atoms with E-state index < -0.39 is 11.7 Å². The van der Waals surface area contributed by atoms with Crippen molar-refractivity contribution in [1.29, 1.82) is 0 Å². The summed E-state index contributed by atoms with van der Waals surface area (Å²) in [5.41, 5.74) is 3.69. The minimum Gasteiger partial charge on any atom is -0.257 e. The number of alkyl halides is 3. The van der Waals surface area contributed by atoms with E-state index in [1.54, 1.807) is 6.20 Å². The molecule has 2 aromatic rings. The Balaban J connectivity index is 2.54. The Hall–Kier alpha value is -1.78. The van der Waals surface area contributed by atoms with E-state index in [0.717, 1.165) is 28.4 Å². The Kier molecular flexibility index (Phi) is 3.88. The van der Waals surface area contributed by atoms with Crippen molar-refractivity contribution in [2.45, 2.75) is 26.4 Å². The van der Waals surface area contributed by atoms with Gasteiger partial charge in [-0.05, 0) is 37.1 Å². The van der Waals surface area contributed by atoms with Crippen molar-refractivity contribution >= 4 is 13.3 Å². The van der Waals surface area contributed by atoms with Crippen LogP contribution in [0.5, 0.6) is 0 Å². The SMILES string of the molecule is Bc1cnc(-c2ccc(C(F)(F)F)cc2CC)cc1C. The van der Waals surface area contributed by atoms with E-state index in [0.29, 0.717) is 12.0 Å². The van der Waals surface area contributed by atoms with Crippen LogP contribution in [0.3, 0.4) is 0 Å². The van der Waals surface area contributed by atoms with Gasteiger partial charge in [-0.25, -0.2) is 0 Å². The normalized spacial score (nSPS) is 11.7. The summed E-state index contributed by atoms with van der Waals surface area (Å²) in [6, 6.07) is 5.76. The molecule has 0 fully saturated rings. The predicted octanol–water partition coefficient (Wildman–Crippen LogP) is 2.90. The molecule has 0 aliphatic carbocycles. The van der Waals surface area contributed by atoms with E-state index >= 15 is 0 Å². The van der Waals surface area contributed by atoms with Gasteiger partial charge in [0.15, 0.2) is 0 Å². The Morgan fingerprint density at radius 3 is 2.45 bits per heavy atom. The molecule has 104 valence electrons. The summed E-state index contributed by atoms with van der Waals surface area (Å²) in [6.45, 7) is 3.82. The van der Waals surface area contributed by atoms with Gasteiger partial charge in [-0.1, -0.05) is 24.0 Å². The van der Waals surface area contributed by atoms with E-state index in [9.17, 15) is 13.2 Å². The Bertz CT molecular complexity index is 636. The molecular formula is C15H15BF3N. The second kappa shape index (κ2) is 5.31. The number of nitrogens with zero attached hydrogens (tertiary/aromatic N) is 1. The molecule has 1 nitrogen and oxygen atoms in total. The topological polar surface area (TPSA) is 12.9 Å². The molecule has 0 radical (unpaired) electrons. The van der Waals surface area contributed by atoms with Crippen molar-refractivity contribution in [2.75, 3.05) is 0 Å². The number of hydrogen-bond acceptors (Lipinski definition) is 1. The molecule has 0 bridgehead atoms. The maximum Gasteiger partial charge on any atom is 0.416 e. The summed E-state index contributed by atoms with van der Waals surface area (Å²) < 4.78 is 38.2. The summed E-state index contributed by atoms with van der Waals surface area (Å²) in [5, 5.41) is 0. The molecule has 0 atom stereocenters. The molecular weight excluding hydrogens is 262 g/mol. The zero-order valence-corrected chi connectivity index (χ0v) is 11.7. The second-order valence-electron chi connectivity index (χ2n) is 4.88. The van der Waals surface area contributed by atoms with Crippen molar-refractivity contribution in [3.05, 3.63) is 47.2 Å². The predicted molar refractivity (Wildman–Crippen MR) is 77.0 cm³/mol. The number of benzene rings is 1. The van der Waals surface area contributed by atoms with Crippen molar-refractivity contribution in [3.8, 4) is 11.3 Å². The average molecular weight is 277 g/mol. The maximum atomic E-state index is 12.7. The zero-order chi connectivity index (χ0) is 14.9. The third-order valence-electron chi connectivity index (χ3n) is 3.46. The van der Waals surface area contributed by atoms with Crippen molar-refractivity contribution in [1.82, 2.24) is 4.98 Å². The van der Waals surface area contributed by atoms with Crippen LogP contribution < -0.4 is 5.46 Å². The molecule has 0 saturated carbocycles. The fraction of sp³-hybridized carbons (Fsp3) is 0.267. The van der Waals surface area contributed by atoms with E-state index in [-0.39, 0.29) is 0 Å². The Morgan fingerprint density at radius 2 is 1.90 bits per heavy atom. The van der Waals surface area contributed by atoms with Crippen LogP contribution in [0.1, 0.15) is 23.6 Å². The van der Waals surface area contributed by atoms with Gasteiger partial charge in [-0.2, -0.15) is 13.2 Å². The van der Waals surface area contributed by atoms with E-state index in [4.69, 9.17) is 0 Å². The van der Waals surface area contributed by atoms with E-state index in [1.165, 1.54) is 12.1 Å². The van der Waals surface area contributed by atoms with Gasteiger partial charge in [0.05, 0.1) is 11.3 Å². The van der Waals surface area contributed by atoms with Crippen LogP contribution in [0.25, 0.3) is 11.3 Å². The molecule has 0 amide bonds. The number of rotatable bonds is 2. The minimum atomic E-state index is -4.31. The molecule has 0 aliphatic heterocycles. The highest BCUT2D eigenvalue weighted by atomic mass is 19.4. The summed E-state index contributed by atoms with van der Waals surface area (Å²) in [6.07, 6.45) is -2.02. The monoisotopic (exact) mass is 277 g/mol. The number of halogens is 3. The number of pyridine rings is 1. The molecule has 0 N–H and O–H groups in total. The van der Waals surface area contributed by atoms with Gasteiger partial charge in [0.2, 0.25) is 0 Å². The second-order valence-corrected chi connectivity index (χ2v) is 4.88. The maximum absolute atomic E-state index is 12.7. The lowest BCUT2D eigenvalue weighted by Crippen LogP contribution is -2.09. The Morgan fingerprint density at radius 1 is 1.20 bits per heavy atom. The zero-order valence-electron chi connectivity index (χ0n) is 11.7. The van der Waals surface area contributed by atoms with Gasteiger partial charge in [-0.15, -0.1) is 0 Å². The van der Waals surface area contributed by atoms with Crippen LogP contribution in [0, 0.1) is 6.92 Å². The lowest BCUT2D eigenvalue weighted by Gasteiger charge is -2.13. The summed E-state index contributed by atoms with van der Waals surface area (Å²) in [4.78, 5) is 4.33. The number of aryl methyl sites for hydroxylation is 2.